The number of ether oxygens (including phenoxy) is 1. The molecule has 3 heteroatoms. The molecule has 1 fully saturated rings. The van der Waals surface area contributed by atoms with Crippen molar-refractivity contribution in [2.45, 2.75) is 6.92 Å². The van der Waals surface area contributed by atoms with Crippen molar-refractivity contribution in [3.05, 3.63) is 0 Å². The molecule has 0 aromatic heterocycles. The maximum absolute atomic E-state index is 10.3. The minimum absolute atomic E-state index is 0.122. The molecule has 1 saturated heterocycles. The van der Waals surface area contributed by atoms with Crippen molar-refractivity contribution >= 4 is 17.1 Å². The first-order valence-corrected chi connectivity index (χ1v) is 3.57. The molecule has 2 nitrogen and oxygen atoms in total. The molecule has 1 rings (SSSR count). The molecule has 0 aromatic rings. The summed E-state index contributed by atoms with van der Waals surface area (Å²) in [4.78, 5) is 10.3. The van der Waals surface area contributed by atoms with Crippen LogP contribution in [0.5, 0.6) is 0 Å². The summed E-state index contributed by atoms with van der Waals surface area (Å²) in [5.41, 5.74) is 0. The molecule has 0 aliphatic carbocycles. The van der Waals surface area contributed by atoms with E-state index in [0.29, 0.717) is 12.5 Å². The zero-order valence-electron chi connectivity index (χ0n) is 4.72. The third-order valence-corrected chi connectivity index (χ3v) is 2.06. The highest BCUT2D eigenvalue weighted by molar-refractivity contribution is 8.13. The number of carbonyl (C=O) groups excluding carboxylic acids is 1. The van der Waals surface area contributed by atoms with Crippen LogP contribution in [0.25, 0.3) is 0 Å². The highest BCUT2D eigenvalue weighted by Crippen LogP contribution is 2.17. The minimum atomic E-state index is -0.122. The van der Waals surface area contributed by atoms with E-state index in [0.717, 1.165) is 5.75 Å². The van der Waals surface area contributed by atoms with Gasteiger partial charge in [0, 0.05) is 5.75 Å². The summed E-state index contributed by atoms with van der Waals surface area (Å²) in [7, 11) is 0. The number of hydrogen-bond donors (Lipinski definition) is 0. The van der Waals surface area contributed by atoms with Crippen molar-refractivity contribution < 1.29 is 9.53 Å². The molecule has 0 saturated carbocycles. The first-order valence-electron chi connectivity index (χ1n) is 2.58. The SMILES string of the molecule is CC1COC(=O)SC1. The molecule has 1 atom stereocenters. The molecular weight excluding hydrogens is 124 g/mol. The van der Waals surface area contributed by atoms with Gasteiger partial charge in [-0.25, -0.2) is 4.79 Å². The third-order valence-electron chi connectivity index (χ3n) is 0.971. The van der Waals surface area contributed by atoms with Gasteiger partial charge in [0.15, 0.2) is 0 Å². The summed E-state index contributed by atoms with van der Waals surface area (Å²) in [6.07, 6.45) is 0. The largest absolute Gasteiger partial charge is 0.457 e. The normalized spacial score (nSPS) is 29.6. The summed E-state index contributed by atoms with van der Waals surface area (Å²) < 4.78 is 4.71. The van der Waals surface area contributed by atoms with Gasteiger partial charge in [0.25, 0.3) is 0 Å². The second-order valence-electron chi connectivity index (χ2n) is 1.98. The highest BCUT2D eigenvalue weighted by atomic mass is 32.2. The highest BCUT2D eigenvalue weighted by Gasteiger charge is 2.15. The molecule has 0 bridgehead atoms. The van der Waals surface area contributed by atoms with E-state index in [1.54, 1.807) is 0 Å². The molecule has 0 radical (unpaired) electrons. The molecule has 1 aliphatic heterocycles. The van der Waals surface area contributed by atoms with Crippen molar-refractivity contribution in [2.75, 3.05) is 12.4 Å². The molecule has 1 aliphatic rings. The van der Waals surface area contributed by atoms with Crippen LogP contribution in [0.3, 0.4) is 0 Å². The summed E-state index contributed by atoms with van der Waals surface area (Å²) >= 11 is 1.27. The molecule has 0 N–H and O–H groups in total. The Labute approximate surface area is 52.6 Å². The van der Waals surface area contributed by atoms with E-state index in [4.69, 9.17) is 4.74 Å². The lowest BCUT2D eigenvalue weighted by molar-refractivity contribution is 0.156. The van der Waals surface area contributed by atoms with E-state index in [9.17, 15) is 4.79 Å². The zero-order chi connectivity index (χ0) is 5.98. The molecule has 46 valence electrons. The lowest BCUT2D eigenvalue weighted by Gasteiger charge is -2.15. The molecule has 0 amide bonds. The Kier molecular flexibility index (Phi) is 1.78. The van der Waals surface area contributed by atoms with E-state index in [2.05, 4.69) is 6.92 Å². The van der Waals surface area contributed by atoms with E-state index in [1.807, 2.05) is 0 Å². The first-order chi connectivity index (χ1) is 3.79. The van der Waals surface area contributed by atoms with Crippen LogP contribution in [-0.2, 0) is 4.74 Å². The molecular formula is C5H8O2S. The fraction of sp³-hybridized carbons (Fsp3) is 0.800. The van der Waals surface area contributed by atoms with Gasteiger partial charge in [0.1, 0.15) is 0 Å². The molecule has 0 aromatic carbocycles. The summed E-state index contributed by atoms with van der Waals surface area (Å²) in [6, 6.07) is 0. The van der Waals surface area contributed by atoms with Crippen molar-refractivity contribution in [1.82, 2.24) is 0 Å². The van der Waals surface area contributed by atoms with Gasteiger partial charge in [-0.05, 0) is 17.7 Å². The van der Waals surface area contributed by atoms with Gasteiger partial charge >= 0.3 is 5.30 Å². The van der Waals surface area contributed by atoms with E-state index in [-0.39, 0.29) is 5.30 Å². The predicted molar refractivity (Wildman–Crippen MR) is 33.0 cm³/mol. The summed E-state index contributed by atoms with van der Waals surface area (Å²) in [6.45, 7) is 2.67. The van der Waals surface area contributed by atoms with Crippen molar-refractivity contribution in [3.63, 3.8) is 0 Å². The number of hydrogen-bond acceptors (Lipinski definition) is 3. The van der Waals surface area contributed by atoms with Gasteiger partial charge in [-0.3, -0.25) is 0 Å². The Morgan fingerprint density at radius 1 is 1.88 bits per heavy atom. The van der Waals surface area contributed by atoms with Crippen LogP contribution in [-0.4, -0.2) is 17.7 Å². The van der Waals surface area contributed by atoms with Gasteiger partial charge in [0.05, 0.1) is 6.61 Å². The number of carbonyl (C=O) groups is 1. The van der Waals surface area contributed by atoms with Crippen LogP contribution in [0.2, 0.25) is 0 Å². The van der Waals surface area contributed by atoms with Crippen LogP contribution in [0, 0.1) is 5.92 Å². The van der Waals surface area contributed by atoms with Gasteiger partial charge in [-0.2, -0.15) is 0 Å². The molecule has 1 heterocycles. The molecule has 8 heavy (non-hydrogen) atoms. The predicted octanol–water partition coefficient (Wildman–Crippen LogP) is 1.51. The van der Waals surface area contributed by atoms with Crippen molar-refractivity contribution in [3.8, 4) is 0 Å². The monoisotopic (exact) mass is 132 g/mol. The fourth-order valence-corrected chi connectivity index (χ4v) is 1.18. The minimum Gasteiger partial charge on any atom is -0.457 e. The summed E-state index contributed by atoms with van der Waals surface area (Å²) in [5, 5.41) is -0.122. The molecule has 0 spiro atoms. The smallest absolute Gasteiger partial charge is 0.367 e. The number of thioether (sulfide) groups is 1. The van der Waals surface area contributed by atoms with Crippen molar-refractivity contribution in [1.29, 1.82) is 0 Å². The number of rotatable bonds is 0. The maximum Gasteiger partial charge on any atom is 0.367 e. The van der Waals surface area contributed by atoms with Crippen molar-refractivity contribution in [2.24, 2.45) is 5.92 Å². The quantitative estimate of drug-likeness (QED) is 0.467. The third kappa shape index (κ3) is 1.40. The standard InChI is InChI=1S/C5H8O2S/c1-4-2-7-5(6)8-3-4/h4H,2-3H2,1H3. The van der Waals surface area contributed by atoms with Crippen LogP contribution in [0.1, 0.15) is 6.92 Å². The lowest BCUT2D eigenvalue weighted by atomic mass is 10.2. The Hall–Kier alpha value is -0.180. The topological polar surface area (TPSA) is 26.3 Å². The zero-order valence-corrected chi connectivity index (χ0v) is 5.53. The van der Waals surface area contributed by atoms with Crippen LogP contribution >= 0.6 is 11.8 Å². The Bertz CT molecular complexity index is 92.6. The lowest BCUT2D eigenvalue weighted by Crippen LogP contribution is -2.17. The van der Waals surface area contributed by atoms with Crippen LogP contribution < -0.4 is 0 Å². The molecule has 1 unspecified atom stereocenters. The van der Waals surface area contributed by atoms with Gasteiger partial charge in [-0.15, -0.1) is 0 Å². The van der Waals surface area contributed by atoms with Gasteiger partial charge < -0.3 is 4.74 Å². The van der Waals surface area contributed by atoms with Crippen LogP contribution in [0.4, 0.5) is 4.79 Å². The second kappa shape index (κ2) is 2.40. The maximum atomic E-state index is 10.3. The second-order valence-corrected chi connectivity index (χ2v) is 2.93. The average Bonchev–Trinajstić information content (AvgIpc) is 1.77. The Balaban J connectivity index is 2.29. The van der Waals surface area contributed by atoms with E-state index in [1.165, 1.54) is 11.8 Å². The average molecular weight is 132 g/mol. The summed E-state index contributed by atoms with van der Waals surface area (Å²) in [5.74, 6) is 1.46. The van der Waals surface area contributed by atoms with Crippen LogP contribution in [0.15, 0.2) is 0 Å². The Morgan fingerprint density at radius 2 is 2.62 bits per heavy atom. The van der Waals surface area contributed by atoms with E-state index >= 15 is 0 Å². The number of cyclic esters (lactones) is 1. The van der Waals surface area contributed by atoms with E-state index < -0.39 is 0 Å². The Morgan fingerprint density at radius 3 is 3.00 bits per heavy atom. The first kappa shape index (κ1) is 5.95. The fourth-order valence-electron chi connectivity index (χ4n) is 0.510. The van der Waals surface area contributed by atoms with Gasteiger partial charge in [-0.1, -0.05) is 6.92 Å². The van der Waals surface area contributed by atoms with Gasteiger partial charge in [0.2, 0.25) is 0 Å².